The lowest BCUT2D eigenvalue weighted by atomic mass is 9.77. The molecule has 1 aliphatic carbocycles. The fourth-order valence-electron chi connectivity index (χ4n) is 3.87. The van der Waals surface area contributed by atoms with E-state index in [9.17, 15) is 0 Å². The highest BCUT2D eigenvalue weighted by atomic mass is 16.5. The molecule has 0 fully saturated rings. The van der Waals surface area contributed by atoms with Crippen molar-refractivity contribution in [2.75, 3.05) is 20.2 Å². The van der Waals surface area contributed by atoms with Gasteiger partial charge in [-0.3, -0.25) is 4.90 Å². The second kappa shape index (κ2) is 5.19. The smallest absolute Gasteiger partial charge is 0.148 e. The average Bonchev–Trinajstić information content (AvgIpc) is 2.56. The van der Waals surface area contributed by atoms with Crippen molar-refractivity contribution in [1.82, 2.24) is 4.90 Å². The number of likely N-dealkylation sites (N-methyl/N-ethyl adjacent to an activating group) is 1. The predicted octanol–water partition coefficient (Wildman–Crippen LogP) is 3.45. The van der Waals surface area contributed by atoms with Gasteiger partial charge in [0.25, 0.3) is 0 Å². The second-order valence-corrected chi connectivity index (χ2v) is 6.11. The lowest BCUT2D eigenvalue weighted by molar-refractivity contribution is 0.228. The van der Waals surface area contributed by atoms with Crippen molar-refractivity contribution >= 4 is 0 Å². The zero-order valence-corrected chi connectivity index (χ0v) is 12.8. The average molecular weight is 289 g/mol. The van der Waals surface area contributed by atoms with Gasteiger partial charge in [-0.2, -0.15) is 0 Å². The first-order valence-corrected chi connectivity index (χ1v) is 7.80. The Morgan fingerprint density at radius 1 is 1.23 bits per heavy atom. The van der Waals surface area contributed by atoms with Gasteiger partial charge >= 0.3 is 0 Å². The minimum absolute atomic E-state index is 0.314. The third-order valence-electron chi connectivity index (χ3n) is 4.90. The molecule has 0 amide bonds. The molecule has 0 N–H and O–H groups in total. The van der Waals surface area contributed by atoms with Gasteiger partial charge in [-0.25, -0.2) is 0 Å². The van der Waals surface area contributed by atoms with Crippen molar-refractivity contribution in [3.05, 3.63) is 53.1 Å². The Morgan fingerprint density at radius 3 is 2.91 bits per heavy atom. The molecular weight excluding hydrogens is 270 g/mol. The molecule has 0 bridgehead atoms. The van der Waals surface area contributed by atoms with Gasteiger partial charge in [0.2, 0.25) is 0 Å². The van der Waals surface area contributed by atoms with Gasteiger partial charge in [-0.1, -0.05) is 36.3 Å². The number of benzene rings is 2. The van der Waals surface area contributed by atoms with Gasteiger partial charge in [0.05, 0.1) is 0 Å². The Morgan fingerprint density at radius 2 is 2.05 bits per heavy atom. The Hall–Kier alpha value is -2.24. The summed E-state index contributed by atoms with van der Waals surface area (Å²) in [4.78, 5) is 2.48. The molecule has 0 unspecified atom stereocenters. The SMILES string of the molecule is C#CCOc1cccc2c1-c1cccc3c1[C@@H](C2)N(C)CC3. The molecule has 2 aromatic rings. The summed E-state index contributed by atoms with van der Waals surface area (Å²) < 4.78 is 5.81. The topological polar surface area (TPSA) is 12.5 Å². The summed E-state index contributed by atoms with van der Waals surface area (Å²) in [6, 6.07) is 13.5. The highest BCUT2D eigenvalue weighted by molar-refractivity contribution is 5.80. The normalized spacial score (nSPS) is 19.0. The third kappa shape index (κ3) is 1.94. The van der Waals surface area contributed by atoms with Gasteiger partial charge in [0.1, 0.15) is 12.4 Å². The van der Waals surface area contributed by atoms with Crippen molar-refractivity contribution in [2.24, 2.45) is 0 Å². The van der Waals surface area contributed by atoms with Crippen LogP contribution in [0.2, 0.25) is 0 Å². The molecular formula is C20H19NO. The van der Waals surface area contributed by atoms with Crippen LogP contribution in [-0.2, 0) is 12.8 Å². The van der Waals surface area contributed by atoms with Crippen LogP contribution in [0.5, 0.6) is 5.75 Å². The van der Waals surface area contributed by atoms with Gasteiger partial charge in [-0.15, -0.1) is 6.42 Å². The lowest BCUT2D eigenvalue weighted by Gasteiger charge is -2.40. The van der Waals surface area contributed by atoms with Crippen molar-refractivity contribution in [3.8, 4) is 29.2 Å². The first kappa shape index (κ1) is 13.4. The van der Waals surface area contributed by atoms with E-state index < -0.39 is 0 Å². The number of hydrogen-bond donors (Lipinski definition) is 0. The minimum Gasteiger partial charge on any atom is -0.480 e. The molecule has 2 aliphatic rings. The van der Waals surface area contributed by atoms with Crippen LogP contribution in [0.15, 0.2) is 36.4 Å². The lowest BCUT2D eigenvalue weighted by Crippen LogP contribution is -2.35. The molecule has 2 aromatic carbocycles. The Kier molecular flexibility index (Phi) is 3.17. The quantitative estimate of drug-likeness (QED) is 0.785. The fraction of sp³-hybridized carbons (Fsp3) is 0.300. The monoisotopic (exact) mass is 289 g/mol. The van der Waals surface area contributed by atoms with Gasteiger partial charge in [0, 0.05) is 18.2 Å². The second-order valence-electron chi connectivity index (χ2n) is 6.11. The molecule has 0 radical (unpaired) electrons. The molecule has 2 nitrogen and oxygen atoms in total. The maximum Gasteiger partial charge on any atom is 0.148 e. The summed E-state index contributed by atoms with van der Waals surface area (Å²) in [6.07, 6.45) is 7.53. The van der Waals surface area contributed by atoms with Crippen molar-refractivity contribution in [2.45, 2.75) is 18.9 Å². The van der Waals surface area contributed by atoms with Crippen LogP contribution in [0.25, 0.3) is 11.1 Å². The van der Waals surface area contributed by atoms with Crippen molar-refractivity contribution in [1.29, 1.82) is 0 Å². The van der Waals surface area contributed by atoms with E-state index in [0.29, 0.717) is 12.6 Å². The largest absolute Gasteiger partial charge is 0.480 e. The van der Waals surface area contributed by atoms with Crippen LogP contribution >= 0.6 is 0 Å². The summed E-state index contributed by atoms with van der Waals surface area (Å²) in [5.74, 6) is 3.48. The van der Waals surface area contributed by atoms with Crippen LogP contribution in [-0.4, -0.2) is 25.1 Å². The standard InChI is InChI=1S/C20H19NO/c1-3-12-22-18-9-5-7-15-13-17-19-14(10-11-21(17)2)6-4-8-16(19)20(15)18/h1,4-9,17H,10-13H2,2H3/t17-/m1/s1. The Labute approximate surface area is 131 Å². The summed E-state index contributed by atoms with van der Waals surface area (Å²) >= 11 is 0. The molecule has 0 spiro atoms. The summed E-state index contributed by atoms with van der Waals surface area (Å²) in [6.45, 7) is 1.44. The van der Waals surface area contributed by atoms with E-state index in [1.165, 1.54) is 27.8 Å². The first-order chi connectivity index (χ1) is 10.8. The number of fused-ring (bicyclic) bond motifs is 2. The van der Waals surface area contributed by atoms with Crippen LogP contribution in [0.1, 0.15) is 22.7 Å². The van der Waals surface area contributed by atoms with Crippen LogP contribution in [0.4, 0.5) is 0 Å². The molecule has 0 aromatic heterocycles. The molecule has 0 saturated heterocycles. The molecule has 1 atom stereocenters. The number of ether oxygens (including phenoxy) is 1. The van der Waals surface area contributed by atoms with Gasteiger partial charge < -0.3 is 4.74 Å². The number of nitrogens with zero attached hydrogens (tertiary/aromatic N) is 1. The first-order valence-electron chi connectivity index (χ1n) is 7.80. The van der Waals surface area contributed by atoms with Crippen LogP contribution in [0, 0.1) is 12.3 Å². The van der Waals surface area contributed by atoms with E-state index in [0.717, 1.165) is 25.1 Å². The molecule has 1 aliphatic heterocycles. The van der Waals surface area contributed by atoms with E-state index >= 15 is 0 Å². The van der Waals surface area contributed by atoms with E-state index in [2.05, 4.69) is 48.2 Å². The summed E-state index contributed by atoms with van der Waals surface area (Å²) in [5, 5.41) is 0. The van der Waals surface area contributed by atoms with E-state index in [-0.39, 0.29) is 0 Å². The van der Waals surface area contributed by atoms with Crippen molar-refractivity contribution in [3.63, 3.8) is 0 Å². The van der Waals surface area contributed by atoms with E-state index in [1.54, 1.807) is 0 Å². The zero-order valence-electron chi connectivity index (χ0n) is 12.8. The minimum atomic E-state index is 0.314. The number of terminal acetylenes is 1. The Bertz CT molecular complexity index is 772. The molecule has 4 rings (SSSR count). The molecule has 1 heterocycles. The highest BCUT2D eigenvalue weighted by Crippen LogP contribution is 2.47. The Balaban J connectivity index is 1.93. The molecule has 0 saturated carbocycles. The fourth-order valence-corrected chi connectivity index (χ4v) is 3.87. The van der Waals surface area contributed by atoms with Gasteiger partial charge in [-0.05, 0) is 48.2 Å². The van der Waals surface area contributed by atoms with Crippen LogP contribution in [0.3, 0.4) is 0 Å². The summed E-state index contributed by atoms with van der Waals surface area (Å²) in [7, 11) is 2.23. The zero-order chi connectivity index (χ0) is 15.1. The van der Waals surface area contributed by atoms with E-state index in [4.69, 9.17) is 11.2 Å². The van der Waals surface area contributed by atoms with Crippen molar-refractivity contribution < 1.29 is 4.74 Å². The van der Waals surface area contributed by atoms with E-state index in [1.807, 2.05) is 6.07 Å². The summed E-state index contributed by atoms with van der Waals surface area (Å²) in [5.41, 5.74) is 6.89. The maximum atomic E-state index is 5.81. The predicted molar refractivity (Wildman–Crippen MR) is 89.0 cm³/mol. The molecule has 2 heteroatoms. The van der Waals surface area contributed by atoms with Gasteiger partial charge in [0.15, 0.2) is 0 Å². The maximum absolute atomic E-state index is 5.81. The highest BCUT2D eigenvalue weighted by Gasteiger charge is 2.33. The van der Waals surface area contributed by atoms with Crippen LogP contribution < -0.4 is 4.74 Å². The number of hydrogen-bond acceptors (Lipinski definition) is 2. The number of rotatable bonds is 2. The molecule has 110 valence electrons. The third-order valence-corrected chi connectivity index (χ3v) is 4.90. The molecule has 22 heavy (non-hydrogen) atoms.